The number of fused-ring (bicyclic) bond motifs is 1. The van der Waals surface area contributed by atoms with Gasteiger partial charge in [0.25, 0.3) is 0 Å². The SMILES string of the molecule is CCN(CC)CCOC(=O)[C@@H]1N2C(=O)C[C@H]2S(=O)(=O)C1(C)C.Cl. The van der Waals surface area contributed by atoms with E-state index in [1.807, 2.05) is 13.8 Å². The third-order valence-electron chi connectivity index (χ3n) is 4.75. The molecule has 2 aliphatic rings. The maximum absolute atomic E-state index is 12.4. The lowest BCUT2D eigenvalue weighted by Gasteiger charge is -2.36. The summed E-state index contributed by atoms with van der Waals surface area (Å²) in [7, 11) is -3.55. The fourth-order valence-corrected chi connectivity index (χ4v) is 5.23. The fourth-order valence-electron chi connectivity index (χ4n) is 3.10. The van der Waals surface area contributed by atoms with Gasteiger partial charge in [-0.25, -0.2) is 13.2 Å². The largest absolute Gasteiger partial charge is 0.463 e. The molecule has 1 amide bonds. The topological polar surface area (TPSA) is 84.0 Å². The van der Waals surface area contributed by atoms with Gasteiger partial charge in [-0.1, -0.05) is 13.8 Å². The molecule has 0 N–H and O–H groups in total. The molecule has 0 unspecified atom stereocenters. The van der Waals surface area contributed by atoms with Crippen molar-refractivity contribution in [1.82, 2.24) is 9.80 Å². The van der Waals surface area contributed by atoms with Crippen LogP contribution in [0.2, 0.25) is 0 Å². The zero-order valence-electron chi connectivity index (χ0n) is 13.9. The van der Waals surface area contributed by atoms with Gasteiger partial charge in [0.2, 0.25) is 5.91 Å². The second-order valence-electron chi connectivity index (χ2n) is 6.21. The molecule has 0 aromatic carbocycles. The smallest absolute Gasteiger partial charge is 0.330 e. The van der Waals surface area contributed by atoms with Gasteiger partial charge in [0.1, 0.15) is 18.0 Å². The number of carbonyl (C=O) groups excluding carboxylic acids is 2. The minimum absolute atomic E-state index is 0. The van der Waals surface area contributed by atoms with E-state index in [1.54, 1.807) is 0 Å². The van der Waals surface area contributed by atoms with Crippen LogP contribution in [0.15, 0.2) is 0 Å². The van der Waals surface area contributed by atoms with Crippen LogP contribution in [-0.2, 0) is 24.2 Å². The molecule has 0 aliphatic carbocycles. The Morgan fingerprint density at radius 2 is 1.91 bits per heavy atom. The number of sulfone groups is 1. The number of amides is 1. The average molecular weight is 369 g/mol. The lowest BCUT2D eigenvalue weighted by molar-refractivity contribution is -0.161. The van der Waals surface area contributed by atoms with Crippen LogP contribution < -0.4 is 0 Å². The van der Waals surface area contributed by atoms with Gasteiger partial charge in [-0.2, -0.15) is 0 Å². The van der Waals surface area contributed by atoms with Gasteiger partial charge < -0.3 is 14.5 Å². The Morgan fingerprint density at radius 1 is 1.35 bits per heavy atom. The number of hydrogen-bond donors (Lipinski definition) is 0. The highest BCUT2D eigenvalue weighted by Crippen LogP contribution is 2.45. The van der Waals surface area contributed by atoms with Crippen molar-refractivity contribution in [1.29, 1.82) is 0 Å². The Hall–Kier alpha value is -0.860. The van der Waals surface area contributed by atoms with Gasteiger partial charge in [0.15, 0.2) is 9.84 Å². The molecule has 0 aromatic rings. The Kier molecular flexibility index (Phi) is 6.09. The number of ether oxygens (including phenoxy) is 1. The van der Waals surface area contributed by atoms with Crippen molar-refractivity contribution in [3.63, 3.8) is 0 Å². The highest BCUT2D eigenvalue weighted by Gasteiger charge is 2.68. The minimum atomic E-state index is -3.55. The summed E-state index contributed by atoms with van der Waals surface area (Å²) in [6, 6.07) is -1.04. The van der Waals surface area contributed by atoms with Crippen molar-refractivity contribution in [2.75, 3.05) is 26.2 Å². The number of hydrogen-bond acceptors (Lipinski definition) is 6. The molecule has 0 bridgehead atoms. The van der Waals surface area contributed by atoms with Gasteiger partial charge in [-0.05, 0) is 26.9 Å². The van der Waals surface area contributed by atoms with Gasteiger partial charge in [-0.3, -0.25) is 4.79 Å². The standard InChI is InChI=1S/C14H24N2O5S.ClH/c1-5-15(6-2)7-8-21-13(18)12-14(3,4)22(19,20)11-9-10(17)16(11)12;/h11-12H,5-9H2,1-4H3;1H/t11-,12+;/m1./s1. The zero-order valence-corrected chi connectivity index (χ0v) is 15.6. The normalized spacial score (nSPS) is 27.2. The molecule has 0 radical (unpaired) electrons. The Balaban J connectivity index is 0.00000264. The summed E-state index contributed by atoms with van der Waals surface area (Å²) in [6.07, 6.45) is -0.0327. The summed E-state index contributed by atoms with van der Waals surface area (Å²) < 4.78 is 28.7. The van der Waals surface area contributed by atoms with Crippen molar-refractivity contribution in [3.05, 3.63) is 0 Å². The first-order valence-corrected chi connectivity index (χ1v) is 9.16. The summed E-state index contributed by atoms with van der Waals surface area (Å²) in [5, 5.41) is -0.865. The van der Waals surface area contributed by atoms with Crippen LogP contribution in [0.1, 0.15) is 34.1 Å². The number of halogens is 1. The number of nitrogens with zero attached hydrogens (tertiary/aromatic N) is 2. The molecule has 23 heavy (non-hydrogen) atoms. The van der Waals surface area contributed by atoms with E-state index in [2.05, 4.69) is 4.90 Å². The third kappa shape index (κ3) is 3.08. The predicted molar refractivity (Wildman–Crippen MR) is 88.0 cm³/mol. The van der Waals surface area contributed by atoms with Crippen LogP contribution in [-0.4, -0.2) is 72.5 Å². The highest BCUT2D eigenvalue weighted by molar-refractivity contribution is 7.93. The summed E-state index contributed by atoms with van der Waals surface area (Å²) in [5.74, 6) is -0.930. The van der Waals surface area contributed by atoms with Gasteiger partial charge in [0.05, 0.1) is 11.2 Å². The van der Waals surface area contributed by atoms with E-state index >= 15 is 0 Å². The van der Waals surface area contributed by atoms with E-state index in [0.29, 0.717) is 6.54 Å². The molecule has 7 nitrogen and oxygen atoms in total. The molecule has 2 fully saturated rings. The van der Waals surface area contributed by atoms with Crippen molar-refractivity contribution in [2.24, 2.45) is 0 Å². The molecule has 134 valence electrons. The maximum atomic E-state index is 12.4. The lowest BCUT2D eigenvalue weighted by atomic mass is 9.98. The lowest BCUT2D eigenvalue weighted by Crippen LogP contribution is -2.57. The predicted octanol–water partition coefficient (Wildman–Crippen LogP) is 0.427. The van der Waals surface area contributed by atoms with Crippen LogP contribution >= 0.6 is 12.4 Å². The number of esters is 1. The van der Waals surface area contributed by atoms with Crippen LogP contribution in [0.4, 0.5) is 0 Å². The van der Waals surface area contributed by atoms with E-state index in [4.69, 9.17) is 4.74 Å². The molecular weight excluding hydrogens is 344 g/mol. The van der Waals surface area contributed by atoms with Crippen molar-refractivity contribution in [3.8, 4) is 0 Å². The summed E-state index contributed by atoms with van der Waals surface area (Å²) in [5.41, 5.74) is 0. The molecular formula is C14H25ClN2O5S. The number of β-lactam (4-membered cyclic amide) rings is 1. The maximum Gasteiger partial charge on any atom is 0.330 e. The van der Waals surface area contributed by atoms with E-state index < -0.39 is 32.0 Å². The Morgan fingerprint density at radius 3 is 2.39 bits per heavy atom. The van der Waals surface area contributed by atoms with Crippen molar-refractivity contribution in [2.45, 2.75) is 50.3 Å². The first kappa shape index (κ1) is 20.2. The monoisotopic (exact) mass is 368 g/mol. The summed E-state index contributed by atoms with van der Waals surface area (Å²) in [4.78, 5) is 27.3. The Bertz CT molecular complexity index is 574. The molecule has 2 saturated heterocycles. The first-order chi connectivity index (χ1) is 10.2. The summed E-state index contributed by atoms with van der Waals surface area (Å²) >= 11 is 0. The highest BCUT2D eigenvalue weighted by atomic mass is 35.5. The third-order valence-corrected chi connectivity index (χ3v) is 7.55. The number of rotatable bonds is 6. The van der Waals surface area contributed by atoms with Crippen molar-refractivity contribution >= 4 is 34.1 Å². The quantitative estimate of drug-likeness (QED) is 0.499. The number of carbonyl (C=O) groups is 2. The molecule has 2 heterocycles. The second-order valence-corrected chi connectivity index (χ2v) is 8.89. The average Bonchev–Trinajstić information content (AvgIpc) is 2.57. The Labute approximate surface area is 143 Å². The van der Waals surface area contributed by atoms with Gasteiger partial charge in [-0.15, -0.1) is 12.4 Å². The van der Waals surface area contributed by atoms with E-state index in [-0.39, 0.29) is 31.3 Å². The van der Waals surface area contributed by atoms with Gasteiger partial charge >= 0.3 is 5.97 Å². The van der Waals surface area contributed by atoms with Crippen LogP contribution in [0, 0.1) is 0 Å². The van der Waals surface area contributed by atoms with Crippen LogP contribution in [0.25, 0.3) is 0 Å². The minimum Gasteiger partial charge on any atom is -0.463 e. The second kappa shape index (κ2) is 6.94. The number of likely N-dealkylation sites (N-methyl/N-ethyl adjacent to an activating group) is 1. The van der Waals surface area contributed by atoms with Crippen molar-refractivity contribution < 1.29 is 22.7 Å². The van der Waals surface area contributed by atoms with E-state index in [0.717, 1.165) is 13.1 Å². The molecule has 0 aromatic heterocycles. The van der Waals surface area contributed by atoms with Crippen LogP contribution in [0.5, 0.6) is 0 Å². The van der Waals surface area contributed by atoms with E-state index in [1.165, 1.54) is 18.7 Å². The molecule has 2 rings (SSSR count). The molecule has 9 heteroatoms. The van der Waals surface area contributed by atoms with E-state index in [9.17, 15) is 18.0 Å². The van der Waals surface area contributed by atoms with Gasteiger partial charge in [0, 0.05) is 6.54 Å². The summed E-state index contributed by atoms with van der Waals surface area (Å²) in [6.45, 7) is 9.50. The zero-order chi connectivity index (χ0) is 16.7. The fraction of sp³-hybridized carbons (Fsp3) is 0.857. The molecule has 0 spiro atoms. The molecule has 0 saturated carbocycles. The molecule has 2 atom stereocenters. The first-order valence-electron chi connectivity index (χ1n) is 7.62. The van der Waals surface area contributed by atoms with Crippen LogP contribution in [0.3, 0.4) is 0 Å². The molecule has 2 aliphatic heterocycles.